The van der Waals surface area contributed by atoms with Gasteiger partial charge in [-0.15, -0.1) is 0 Å². The summed E-state index contributed by atoms with van der Waals surface area (Å²) < 4.78 is 0. The minimum Gasteiger partial charge on any atom is -0.355 e. The first kappa shape index (κ1) is 19.2. The van der Waals surface area contributed by atoms with Crippen LogP contribution < -0.4 is 5.32 Å². The average Bonchev–Trinajstić information content (AvgIpc) is 2.87. The maximum absolute atomic E-state index is 13.0. The Kier molecular flexibility index (Phi) is 6.01. The van der Waals surface area contributed by atoms with Gasteiger partial charge in [-0.3, -0.25) is 14.5 Å². The first-order valence-corrected chi connectivity index (χ1v) is 9.51. The van der Waals surface area contributed by atoms with Crippen LogP contribution in [0.5, 0.6) is 0 Å². The molecule has 1 saturated heterocycles. The highest BCUT2D eigenvalue weighted by Crippen LogP contribution is 2.16. The highest BCUT2D eigenvalue weighted by molar-refractivity contribution is 5.97. The van der Waals surface area contributed by atoms with Crippen molar-refractivity contribution in [3.05, 3.63) is 35.2 Å². The topological polar surface area (TPSA) is 78.4 Å². The lowest BCUT2D eigenvalue weighted by molar-refractivity contribution is -0.122. The van der Waals surface area contributed by atoms with Crippen LogP contribution in [0.1, 0.15) is 35.1 Å². The van der Waals surface area contributed by atoms with Crippen molar-refractivity contribution in [1.29, 1.82) is 0 Å². The number of likely N-dealkylation sites (N-methyl/N-ethyl adjacent to an activating group) is 1. The second kappa shape index (κ2) is 8.43. The van der Waals surface area contributed by atoms with E-state index in [1.165, 1.54) is 0 Å². The smallest absolute Gasteiger partial charge is 0.253 e. The van der Waals surface area contributed by atoms with E-state index in [2.05, 4.69) is 20.2 Å². The van der Waals surface area contributed by atoms with E-state index >= 15 is 0 Å². The molecule has 0 unspecified atom stereocenters. The largest absolute Gasteiger partial charge is 0.355 e. The number of carbonyl (C=O) groups is 2. The molecule has 0 radical (unpaired) electrons. The third kappa shape index (κ3) is 4.60. The van der Waals surface area contributed by atoms with E-state index in [0.717, 1.165) is 35.4 Å². The second-order valence-corrected chi connectivity index (χ2v) is 6.97. The Morgan fingerprint density at radius 3 is 2.52 bits per heavy atom. The van der Waals surface area contributed by atoms with Gasteiger partial charge in [-0.25, -0.2) is 9.97 Å². The van der Waals surface area contributed by atoms with Crippen molar-refractivity contribution in [2.75, 3.05) is 39.3 Å². The number of nitrogens with zero attached hydrogens (tertiary/aromatic N) is 4. The van der Waals surface area contributed by atoms with Gasteiger partial charge in [0.15, 0.2) is 0 Å². The second-order valence-electron chi connectivity index (χ2n) is 6.97. The van der Waals surface area contributed by atoms with Gasteiger partial charge in [0, 0.05) is 38.3 Å². The SMILES string of the molecule is CCNC(=O)CN1CCCN(C(=O)c2ccc3nc(C)c(C)nc3c2)CC1. The number of hydrogen-bond donors (Lipinski definition) is 1. The van der Waals surface area contributed by atoms with Crippen molar-refractivity contribution in [3.8, 4) is 0 Å². The van der Waals surface area contributed by atoms with Gasteiger partial charge in [0.2, 0.25) is 5.91 Å². The van der Waals surface area contributed by atoms with Crippen molar-refractivity contribution in [1.82, 2.24) is 25.1 Å². The number of aryl methyl sites for hydroxylation is 2. The molecule has 0 spiro atoms. The number of aromatic nitrogens is 2. The zero-order valence-corrected chi connectivity index (χ0v) is 16.3. The normalized spacial score (nSPS) is 15.6. The Labute approximate surface area is 159 Å². The summed E-state index contributed by atoms with van der Waals surface area (Å²) >= 11 is 0. The molecular weight excluding hydrogens is 342 g/mol. The third-order valence-corrected chi connectivity index (χ3v) is 4.94. The number of amides is 2. The van der Waals surface area contributed by atoms with E-state index in [4.69, 9.17) is 0 Å². The van der Waals surface area contributed by atoms with Crippen LogP contribution in [0.25, 0.3) is 11.0 Å². The highest BCUT2D eigenvalue weighted by atomic mass is 16.2. The molecule has 1 fully saturated rings. The van der Waals surface area contributed by atoms with Crippen molar-refractivity contribution in [3.63, 3.8) is 0 Å². The van der Waals surface area contributed by atoms with E-state index in [1.807, 2.05) is 43.9 Å². The molecule has 1 aliphatic rings. The van der Waals surface area contributed by atoms with Crippen molar-refractivity contribution in [2.45, 2.75) is 27.2 Å². The van der Waals surface area contributed by atoms with Crippen molar-refractivity contribution >= 4 is 22.8 Å². The van der Waals surface area contributed by atoms with Gasteiger partial charge in [0.1, 0.15) is 0 Å². The number of nitrogens with one attached hydrogen (secondary N) is 1. The molecule has 2 heterocycles. The summed E-state index contributed by atoms with van der Waals surface area (Å²) in [7, 11) is 0. The van der Waals surface area contributed by atoms with Crippen LogP contribution in [0, 0.1) is 13.8 Å². The highest BCUT2D eigenvalue weighted by Gasteiger charge is 2.21. The Bertz CT molecular complexity index is 852. The fraction of sp³-hybridized carbons (Fsp3) is 0.500. The Morgan fingerprint density at radius 2 is 1.78 bits per heavy atom. The lowest BCUT2D eigenvalue weighted by atomic mass is 10.1. The van der Waals surface area contributed by atoms with Crippen LogP contribution in [0.15, 0.2) is 18.2 Å². The van der Waals surface area contributed by atoms with E-state index in [9.17, 15) is 9.59 Å². The van der Waals surface area contributed by atoms with E-state index in [1.54, 1.807) is 0 Å². The van der Waals surface area contributed by atoms with Crippen molar-refractivity contribution < 1.29 is 9.59 Å². The molecule has 1 N–H and O–H groups in total. The van der Waals surface area contributed by atoms with Crippen molar-refractivity contribution in [2.24, 2.45) is 0 Å². The molecule has 0 saturated carbocycles. The van der Waals surface area contributed by atoms with Crippen LogP contribution in [0.2, 0.25) is 0 Å². The Balaban J connectivity index is 1.69. The molecule has 0 bridgehead atoms. The van der Waals surface area contributed by atoms with Crippen LogP contribution in [-0.2, 0) is 4.79 Å². The molecule has 7 heteroatoms. The fourth-order valence-corrected chi connectivity index (χ4v) is 3.33. The molecule has 144 valence electrons. The maximum Gasteiger partial charge on any atom is 0.253 e. The van der Waals surface area contributed by atoms with Gasteiger partial charge in [-0.2, -0.15) is 0 Å². The molecular formula is C20H27N5O2. The van der Waals surface area contributed by atoms with Gasteiger partial charge in [-0.1, -0.05) is 0 Å². The molecule has 0 aliphatic carbocycles. The number of hydrogen-bond acceptors (Lipinski definition) is 5. The summed E-state index contributed by atoms with van der Waals surface area (Å²) in [6, 6.07) is 5.52. The zero-order valence-electron chi connectivity index (χ0n) is 16.3. The van der Waals surface area contributed by atoms with Gasteiger partial charge in [0.05, 0.1) is 29.0 Å². The monoisotopic (exact) mass is 369 g/mol. The molecule has 2 amide bonds. The Morgan fingerprint density at radius 1 is 1.04 bits per heavy atom. The number of carbonyl (C=O) groups excluding carboxylic acids is 2. The maximum atomic E-state index is 13.0. The molecule has 3 rings (SSSR count). The molecule has 1 aliphatic heterocycles. The number of benzene rings is 1. The number of fused-ring (bicyclic) bond motifs is 1. The first-order chi connectivity index (χ1) is 13.0. The van der Waals surface area contributed by atoms with Crippen LogP contribution >= 0.6 is 0 Å². The molecule has 27 heavy (non-hydrogen) atoms. The van der Waals surface area contributed by atoms with E-state index in [-0.39, 0.29) is 11.8 Å². The molecule has 0 atom stereocenters. The first-order valence-electron chi connectivity index (χ1n) is 9.51. The summed E-state index contributed by atoms with van der Waals surface area (Å²) in [4.78, 5) is 37.8. The summed E-state index contributed by atoms with van der Waals surface area (Å²) in [5.74, 6) is 0.0489. The van der Waals surface area contributed by atoms with Gasteiger partial charge in [-0.05, 0) is 45.4 Å². The molecule has 7 nitrogen and oxygen atoms in total. The van der Waals surface area contributed by atoms with E-state index in [0.29, 0.717) is 38.3 Å². The molecule has 2 aromatic rings. The zero-order chi connectivity index (χ0) is 19.4. The lowest BCUT2D eigenvalue weighted by Gasteiger charge is -2.22. The van der Waals surface area contributed by atoms with E-state index < -0.39 is 0 Å². The van der Waals surface area contributed by atoms with Crippen LogP contribution in [0.3, 0.4) is 0 Å². The van der Waals surface area contributed by atoms with Crippen LogP contribution in [-0.4, -0.2) is 70.9 Å². The quantitative estimate of drug-likeness (QED) is 0.884. The summed E-state index contributed by atoms with van der Waals surface area (Å²) in [5, 5.41) is 2.82. The summed E-state index contributed by atoms with van der Waals surface area (Å²) in [6.07, 6.45) is 0.858. The molecule has 1 aromatic carbocycles. The molecule has 1 aromatic heterocycles. The average molecular weight is 369 g/mol. The summed E-state index contributed by atoms with van der Waals surface area (Å²) in [6.45, 7) is 9.64. The minimum atomic E-state index is 0.0109. The lowest BCUT2D eigenvalue weighted by Crippen LogP contribution is -2.40. The standard InChI is InChI=1S/C20H27N5O2/c1-4-21-19(26)13-24-8-5-9-25(11-10-24)20(27)16-6-7-17-18(12-16)23-15(3)14(2)22-17/h6-7,12H,4-5,8-11,13H2,1-3H3,(H,21,26). The van der Waals surface area contributed by atoms with Gasteiger partial charge >= 0.3 is 0 Å². The van der Waals surface area contributed by atoms with Crippen LogP contribution in [0.4, 0.5) is 0 Å². The third-order valence-electron chi connectivity index (χ3n) is 4.94. The van der Waals surface area contributed by atoms with Gasteiger partial charge in [0.25, 0.3) is 5.91 Å². The Hall–Kier alpha value is -2.54. The van der Waals surface area contributed by atoms with Gasteiger partial charge < -0.3 is 10.2 Å². The predicted octanol–water partition coefficient (Wildman–Crippen LogP) is 1.53. The number of rotatable bonds is 4. The predicted molar refractivity (Wildman–Crippen MR) is 105 cm³/mol. The fourth-order valence-electron chi connectivity index (χ4n) is 3.33. The minimum absolute atomic E-state index is 0.0109. The summed E-state index contributed by atoms with van der Waals surface area (Å²) in [5.41, 5.74) is 3.97.